The summed E-state index contributed by atoms with van der Waals surface area (Å²) < 4.78 is 17.2. The summed E-state index contributed by atoms with van der Waals surface area (Å²) in [5.74, 6) is 3.89. The highest BCUT2D eigenvalue weighted by Gasteiger charge is 2.18. The van der Waals surface area contributed by atoms with Gasteiger partial charge in [0, 0.05) is 17.1 Å². The zero-order valence-corrected chi connectivity index (χ0v) is 18.9. The number of benzene rings is 2. The lowest BCUT2D eigenvalue weighted by atomic mass is 10.2. The third-order valence-corrected chi connectivity index (χ3v) is 7.22. The number of nitrogens with one attached hydrogen (secondary N) is 1. The van der Waals surface area contributed by atoms with Crippen molar-refractivity contribution in [3.8, 4) is 17.2 Å². The van der Waals surface area contributed by atoms with Crippen LogP contribution in [-0.2, 0) is 4.79 Å². The summed E-state index contributed by atoms with van der Waals surface area (Å²) in [5, 5.41) is 4.02. The van der Waals surface area contributed by atoms with E-state index in [0.29, 0.717) is 27.4 Å². The van der Waals surface area contributed by atoms with Gasteiger partial charge in [-0.1, -0.05) is 18.2 Å². The number of thioether (sulfide) groups is 2. The van der Waals surface area contributed by atoms with Crippen molar-refractivity contribution in [3.05, 3.63) is 53.6 Å². The number of amides is 1. The molecule has 1 saturated heterocycles. The molecular weight excluding hydrogens is 420 g/mol. The molecule has 0 bridgehead atoms. The van der Waals surface area contributed by atoms with Gasteiger partial charge >= 0.3 is 0 Å². The molecule has 6 nitrogen and oxygen atoms in total. The van der Waals surface area contributed by atoms with Gasteiger partial charge in [0.2, 0.25) is 0 Å². The van der Waals surface area contributed by atoms with Gasteiger partial charge < -0.3 is 14.2 Å². The van der Waals surface area contributed by atoms with E-state index in [4.69, 9.17) is 14.2 Å². The van der Waals surface area contributed by atoms with Crippen molar-refractivity contribution in [2.24, 2.45) is 5.10 Å². The van der Waals surface area contributed by atoms with Gasteiger partial charge in [0.05, 0.1) is 24.0 Å². The van der Waals surface area contributed by atoms with Crippen molar-refractivity contribution < 1.29 is 19.0 Å². The largest absolute Gasteiger partial charge is 0.493 e. The van der Waals surface area contributed by atoms with Crippen LogP contribution in [0.4, 0.5) is 0 Å². The van der Waals surface area contributed by atoms with Crippen LogP contribution in [0.3, 0.4) is 0 Å². The number of para-hydroxylation sites is 1. The van der Waals surface area contributed by atoms with Crippen LogP contribution in [0.25, 0.3) is 0 Å². The number of carbonyl (C=O) groups excluding carboxylic acids is 1. The lowest BCUT2D eigenvalue weighted by Gasteiger charge is -2.15. The van der Waals surface area contributed by atoms with Crippen molar-refractivity contribution in [1.29, 1.82) is 0 Å². The molecule has 1 N–H and O–H groups in total. The van der Waals surface area contributed by atoms with E-state index in [1.54, 1.807) is 7.11 Å². The molecule has 30 heavy (non-hydrogen) atoms. The number of hydrogen-bond acceptors (Lipinski definition) is 7. The maximum absolute atomic E-state index is 12.1. The molecule has 2 aromatic carbocycles. The summed E-state index contributed by atoms with van der Waals surface area (Å²) in [6.07, 6.45) is 1.51. The predicted octanol–water partition coefficient (Wildman–Crippen LogP) is 4.49. The first-order valence-corrected chi connectivity index (χ1v) is 11.8. The first-order chi connectivity index (χ1) is 14.6. The number of rotatable bonds is 9. The highest BCUT2D eigenvalue weighted by Crippen LogP contribution is 2.45. The number of carbonyl (C=O) groups is 1. The fraction of sp³-hybridized carbons (Fsp3) is 0.364. The number of hydrogen-bond donors (Lipinski definition) is 1. The van der Waals surface area contributed by atoms with Crippen molar-refractivity contribution in [2.75, 3.05) is 25.2 Å². The first kappa shape index (κ1) is 22.4. The van der Waals surface area contributed by atoms with E-state index in [2.05, 4.69) is 22.7 Å². The minimum absolute atomic E-state index is 0.0197. The van der Waals surface area contributed by atoms with E-state index < -0.39 is 0 Å². The number of methoxy groups -OCH3 is 1. The highest BCUT2D eigenvalue weighted by atomic mass is 32.2. The molecule has 0 radical (unpaired) electrons. The molecule has 1 amide bonds. The Morgan fingerprint density at radius 1 is 1.20 bits per heavy atom. The third kappa shape index (κ3) is 6.34. The van der Waals surface area contributed by atoms with E-state index in [-0.39, 0.29) is 18.6 Å². The molecule has 1 fully saturated rings. The molecule has 2 aromatic rings. The van der Waals surface area contributed by atoms with Crippen molar-refractivity contribution in [2.45, 2.75) is 24.5 Å². The minimum Gasteiger partial charge on any atom is -0.493 e. The average Bonchev–Trinajstić information content (AvgIpc) is 3.28. The van der Waals surface area contributed by atoms with E-state index in [0.717, 1.165) is 0 Å². The summed E-state index contributed by atoms with van der Waals surface area (Å²) >= 11 is 3.92. The van der Waals surface area contributed by atoms with Gasteiger partial charge in [-0.05, 0) is 43.7 Å². The fourth-order valence-electron chi connectivity index (χ4n) is 2.78. The second-order valence-electron chi connectivity index (χ2n) is 6.77. The highest BCUT2D eigenvalue weighted by molar-refractivity contribution is 8.19. The molecule has 0 aromatic heterocycles. The maximum Gasteiger partial charge on any atom is 0.277 e. The molecule has 0 unspecified atom stereocenters. The fourth-order valence-corrected chi connectivity index (χ4v) is 5.64. The predicted molar refractivity (Wildman–Crippen MR) is 124 cm³/mol. The molecule has 0 aliphatic carbocycles. The Morgan fingerprint density at radius 2 is 1.93 bits per heavy atom. The zero-order chi connectivity index (χ0) is 21.3. The third-order valence-electron chi connectivity index (χ3n) is 4.12. The van der Waals surface area contributed by atoms with Crippen LogP contribution in [-0.4, -0.2) is 43.4 Å². The molecule has 0 spiro atoms. The van der Waals surface area contributed by atoms with E-state index in [1.165, 1.54) is 23.3 Å². The smallest absolute Gasteiger partial charge is 0.277 e. The van der Waals surface area contributed by atoms with Crippen molar-refractivity contribution in [1.82, 2.24) is 5.43 Å². The normalized spacial score (nSPS) is 14.3. The van der Waals surface area contributed by atoms with E-state index >= 15 is 0 Å². The Hall–Kier alpha value is -2.32. The molecule has 1 heterocycles. The monoisotopic (exact) mass is 446 g/mol. The Kier molecular flexibility index (Phi) is 8.33. The lowest BCUT2D eigenvalue weighted by Crippen LogP contribution is -2.24. The second kappa shape index (κ2) is 11.2. The van der Waals surface area contributed by atoms with Crippen LogP contribution in [0.2, 0.25) is 0 Å². The summed E-state index contributed by atoms with van der Waals surface area (Å²) in [7, 11) is 1.58. The maximum atomic E-state index is 12.1. The van der Waals surface area contributed by atoms with Gasteiger partial charge in [0.1, 0.15) is 5.75 Å². The van der Waals surface area contributed by atoms with Crippen LogP contribution in [0.1, 0.15) is 29.6 Å². The van der Waals surface area contributed by atoms with Gasteiger partial charge in [-0.3, -0.25) is 4.79 Å². The van der Waals surface area contributed by atoms with E-state index in [1.807, 2.05) is 67.7 Å². The molecule has 160 valence electrons. The molecule has 3 rings (SSSR count). The Bertz CT molecular complexity index is 866. The zero-order valence-electron chi connectivity index (χ0n) is 17.3. The molecule has 1 aliphatic heterocycles. The SMILES string of the molecule is COc1cccc(/C=N\NC(=O)COc2ccc(C3SCCS3)cc2)c1OC(C)C. The second-order valence-corrected chi connectivity index (χ2v) is 9.49. The van der Waals surface area contributed by atoms with Crippen LogP contribution in [0, 0.1) is 0 Å². The number of hydrazone groups is 1. The van der Waals surface area contributed by atoms with Crippen LogP contribution >= 0.6 is 23.5 Å². The van der Waals surface area contributed by atoms with Crippen LogP contribution in [0.15, 0.2) is 47.6 Å². The number of nitrogens with zero attached hydrogens (tertiary/aromatic N) is 1. The van der Waals surface area contributed by atoms with Gasteiger partial charge in [-0.25, -0.2) is 5.43 Å². The number of ether oxygens (including phenoxy) is 3. The Balaban J connectivity index is 1.51. The molecular formula is C22H26N2O4S2. The summed E-state index contributed by atoms with van der Waals surface area (Å²) in [5.41, 5.74) is 4.47. The summed E-state index contributed by atoms with van der Waals surface area (Å²) in [4.78, 5) is 12.1. The average molecular weight is 447 g/mol. The van der Waals surface area contributed by atoms with Gasteiger partial charge in [-0.15, -0.1) is 23.5 Å². The Labute approximate surface area is 185 Å². The Morgan fingerprint density at radius 3 is 2.60 bits per heavy atom. The van der Waals surface area contributed by atoms with Crippen LogP contribution < -0.4 is 19.6 Å². The summed E-state index contributed by atoms with van der Waals surface area (Å²) in [6.45, 7) is 3.76. The standard InChI is InChI=1S/C22H26N2O4S2/c1-15(2)28-21-17(5-4-6-19(21)26-3)13-23-24-20(25)14-27-18-9-7-16(8-10-18)22-29-11-12-30-22/h4-10,13,15,22H,11-12,14H2,1-3H3,(H,24,25)/b23-13-. The lowest BCUT2D eigenvalue weighted by molar-refractivity contribution is -0.123. The molecule has 0 atom stereocenters. The van der Waals surface area contributed by atoms with Gasteiger partial charge in [0.25, 0.3) is 5.91 Å². The molecule has 1 aliphatic rings. The van der Waals surface area contributed by atoms with Crippen molar-refractivity contribution in [3.63, 3.8) is 0 Å². The molecule has 8 heteroatoms. The van der Waals surface area contributed by atoms with Gasteiger partial charge in [-0.2, -0.15) is 5.10 Å². The quantitative estimate of drug-likeness (QED) is 0.452. The summed E-state index contributed by atoms with van der Waals surface area (Å²) in [6, 6.07) is 13.4. The van der Waals surface area contributed by atoms with Crippen molar-refractivity contribution >= 4 is 35.6 Å². The first-order valence-electron chi connectivity index (χ1n) is 9.68. The van der Waals surface area contributed by atoms with Crippen LogP contribution in [0.5, 0.6) is 17.2 Å². The van der Waals surface area contributed by atoms with Gasteiger partial charge in [0.15, 0.2) is 18.1 Å². The topological polar surface area (TPSA) is 69.2 Å². The van der Waals surface area contributed by atoms with E-state index in [9.17, 15) is 4.79 Å². The molecule has 0 saturated carbocycles. The minimum atomic E-state index is -0.341.